The van der Waals surface area contributed by atoms with Crippen molar-refractivity contribution >= 4 is 49.8 Å². The molecule has 1 heterocycles. The third kappa shape index (κ3) is 4.83. The average molecular weight is 614 g/mol. The third-order valence-electron chi connectivity index (χ3n) is 9.29. The number of anilines is 3. The second-order valence-corrected chi connectivity index (χ2v) is 12.1. The van der Waals surface area contributed by atoms with Gasteiger partial charge in [-0.25, -0.2) is 0 Å². The minimum Gasteiger partial charge on any atom is -0.455 e. The molecule has 2 nitrogen and oxygen atoms in total. The maximum absolute atomic E-state index is 6.65. The van der Waals surface area contributed by atoms with Crippen molar-refractivity contribution in [3.8, 4) is 33.4 Å². The number of hydrogen-bond acceptors (Lipinski definition) is 2. The van der Waals surface area contributed by atoms with E-state index in [0.717, 1.165) is 60.9 Å². The van der Waals surface area contributed by atoms with Gasteiger partial charge in [0, 0.05) is 27.4 Å². The molecule has 48 heavy (non-hydrogen) atoms. The molecule has 0 aliphatic rings. The quantitative estimate of drug-likeness (QED) is 0.185. The van der Waals surface area contributed by atoms with E-state index in [1.165, 1.54) is 22.3 Å². The van der Waals surface area contributed by atoms with E-state index in [-0.39, 0.29) is 0 Å². The lowest BCUT2D eigenvalue weighted by Gasteiger charge is -2.29. The predicted molar refractivity (Wildman–Crippen MR) is 202 cm³/mol. The van der Waals surface area contributed by atoms with Crippen LogP contribution in [0.15, 0.2) is 192 Å². The van der Waals surface area contributed by atoms with Gasteiger partial charge in [-0.3, -0.25) is 0 Å². The first-order chi connectivity index (χ1) is 23.8. The monoisotopic (exact) mass is 613 g/mol. The topological polar surface area (TPSA) is 16.4 Å². The fraction of sp³-hybridized carbons (Fsp3) is 0. The zero-order chi connectivity index (χ0) is 31.9. The molecule has 226 valence electrons. The van der Waals surface area contributed by atoms with Gasteiger partial charge in [0.2, 0.25) is 0 Å². The Bertz CT molecular complexity index is 2530. The van der Waals surface area contributed by atoms with E-state index >= 15 is 0 Å². The lowest BCUT2D eigenvalue weighted by atomic mass is 9.97. The first kappa shape index (κ1) is 27.9. The fourth-order valence-corrected chi connectivity index (χ4v) is 6.95. The molecule has 0 amide bonds. The summed E-state index contributed by atoms with van der Waals surface area (Å²) in [6.45, 7) is 0. The minimum atomic E-state index is 0.896. The molecule has 9 rings (SSSR count). The van der Waals surface area contributed by atoms with Gasteiger partial charge in [0.25, 0.3) is 0 Å². The Hall–Kier alpha value is -6.38. The number of hydrogen-bond donors (Lipinski definition) is 0. The van der Waals surface area contributed by atoms with E-state index in [4.69, 9.17) is 4.42 Å². The molecule has 2 heteroatoms. The van der Waals surface area contributed by atoms with Crippen LogP contribution in [0.2, 0.25) is 0 Å². The van der Waals surface area contributed by atoms with Crippen LogP contribution in [0.1, 0.15) is 0 Å². The molecule has 0 atom stereocenters. The summed E-state index contributed by atoms with van der Waals surface area (Å²) in [6.07, 6.45) is 0. The molecule has 0 radical (unpaired) electrons. The lowest BCUT2D eigenvalue weighted by Crippen LogP contribution is -2.11. The van der Waals surface area contributed by atoms with Crippen LogP contribution in [0, 0.1) is 0 Å². The Morgan fingerprint density at radius 1 is 0.354 bits per heavy atom. The van der Waals surface area contributed by atoms with Crippen LogP contribution in [0.25, 0.3) is 66.1 Å². The van der Waals surface area contributed by atoms with E-state index in [2.05, 4.69) is 187 Å². The van der Waals surface area contributed by atoms with Crippen molar-refractivity contribution in [3.63, 3.8) is 0 Å². The summed E-state index contributed by atoms with van der Waals surface area (Å²) in [6, 6.07) is 66.9. The minimum absolute atomic E-state index is 0.896. The number of rotatable bonds is 6. The summed E-state index contributed by atoms with van der Waals surface area (Å²) in [5, 5.41) is 4.47. The van der Waals surface area contributed by atoms with Gasteiger partial charge >= 0.3 is 0 Å². The molecule has 0 aliphatic carbocycles. The molecule has 0 saturated carbocycles. The maximum Gasteiger partial charge on any atom is 0.145 e. The van der Waals surface area contributed by atoms with Crippen molar-refractivity contribution in [3.05, 3.63) is 188 Å². The second kappa shape index (κ2) is 11.8. The summed E-state index contributed by atoms with van der Waals surface area (Å²) >= 11 is 0. The summed E-state index contributed by atoms with van der Waals surface area (Å²) in [7, 11) is 0. The summed E-state index contributed by atoms with van der Waals surface area (Å²) in [5.41, 5.74) is 12.1. The van der Waals surface area contributed by atoms with Gasteiger partial charge in [-0.05, 0) is 69.6 Å². The molecule has 0 fully saturated rings. The molecule has 0 N–H and O–H groups in total. The third-order valence-corrected chi connectivity index (χ3v) is 9.29. The predicted octanol–water partition coefficient (Wildman–Crippen LogP) is 13.2. The SMILES string of the molecule is c1ccc(-c2ccc(-c3ccccc3N(c3ccc(-c4ccccc4)cc3)c3cccc4ccc5c6ccccc6oc5c34)cc2)cc1. The molecule has 9 aromatic rings. The highest BCUT2D eigenvalue weighted by Crippen LogP contribution is 2.46. The van der Waals surface area contributed by atoms with Gasteiger partial charge in [0.15, 0.2) is 0 Å². The molecular weight excluding hydrogens is 583 g/mol. The average Bonchev–Trinajstić information content (AvgIpc) is 3.55. The Morgan fingerprint density at radius 3 is 1.65 bits per heavy atom. The van der Waals surface area contributed by atoms with Crippen molar-refractivity contribution in [1.29, 1.82) is 0 Å². The number of fused-ring (bicyclic) bond motifs is 5. The molecular formula is C46H31NO. The second-order valence-electron chi connectivity index (χ2n) is 12.1. The number of para-hydroxylation sites is 2. The molecule has 8 aromatic carbocycles. The highest BCUT2D eigenvalue weighted by molar-refractivity contribution is 6.19. The van der Waals surface area contributed by atoms with Gasteiger partial charge < -0.3 is 9.32 Å². The Balaban J connectivity index is 1.27. The standard InChI is InChI=1S/C46H31NO/c1-3-12-32(13-4-1)34-22-24-36(25-23-34)39-17-7-9-19-42(39)47(38-29-26-35(27-30-38)33-14-5-2-6-15-33)43-20-11-16-37-28-31-41-40-18-8-10-21-44(40)48-46(41)45(37)43/h1-31H. The zero-order valence-electron chi connectivity index (χ0n) is 26.3. The first-order valence-corrected chi connectivity index (χ1v) is 16.4. The largest absolute Gasteiger partial charge is 0.455 e. The number of benzene rings is 8. The zero-order valence-corrected chi connectivity index (χ0v) is 26.3. The van der Waals surface area contributed by atoms with Crippen molar-refractivity contribution < 1.29 is 4.42 Å². The highest BCUT2D eigenvalue weighted by atomic mass is 16.3. The van der Waals surface area contributed by atoms with Gasteiger partial charge in [-0.15, -0.1) is 0 Å². The Kier molecular flexibility index (Phi) is 6.84. The summed E-state index contributed by atoms with van der Waals surface area (Å²) < 4.78 is 6.65. The Morgan fingerprint density at radius 2 is 0.917 bits per heavy atom. The van der Waals surface area contributed by atoms with Crippen LogP contribution in [0.4, 0.5) is 17.1 Å². The summed E-state index contributed by atoms with van der Waals surface area (Å²) in [4.78, 5) is 2.39. The van der Waals surface area contributed by atoms with Gasteiger partial charge in [0.05, 0.1) is 11.4 Å². The van der Waals surface area contributed by atoms with Gasteiger partial charge in [-0.1, -0.05) is 152 Å². The van der Waals surface area contributed by atoms with Crippen LogP contribution in [0.5, 0.6) is 0 Å². The maximum atomic E-state index is 6.65. The van der Waals surface area contributed by atoms with Gasteiger partial charge in [-0.2, -0.15) is 0 Å². The van der Waals surface area contributed by atoms with Crippen molar-refractivity contribution in [2.24, 2.45) is 0 Å². The molecule has 0 unspecified atom stereocenters. The van der Waals surface area contributed by atoms with Crippen molar-refractivity contribution in [2.75, 3.05) is 4.90 Å². The number of furan rings is 1. The van der Waals surface area contributed by atoms with E-state index < -0.39 is 0 Å². The Labute approximate surface area is 279 Å². The van der Waals surface area contributed by atoms with Crippen LogP contribution < -0.4 is 4.90 Å². The van der Waals surface area contributed by atoms with E-state index in [1.807, 2.05) is 6.07 Å². The molecule has 0 spiro atoms. The smallest absolute Gasteiger partial charge is 0.145 e. The van der Waals surface area contributed by atoms with Gasteiger partial charge in [0.1, 0.15) is 11.2 Å². The first-order valence-electron chi connectivity index (χ1n) is 16.4. The van der Waals surface area contributed by atoms with Crippen LogP contribution in [-0.2, 0) is 0 Å². The number of nitrogens with zero attached hydrogens (tertiary/aromatic N) is 1. The lowest BCUT2D eigenvalue weighted by molar-refractivity contribution is 0.672. The van der Waals surface area contributed by atoms with E-state index in [1.54, 1.807) is 0 Å². The molecule has 0 saturated heterocycles. The molecule has 0 bridgehead atoms. The highest BCUT2D eigenvalue weighted by Gasteiger charge is 2.22. The fourth-order valence-electron chi connectivity index (χ4n) is 6.95. The van der Waals surface area contributed by atoms with Crippen LogP contribution in [-0.4, -0.2) is 0 Å². The van der Waals surface area contributed by atoms with E-state index in [0.29, 0.717) is 0 Å². The van der Waals surface area contributed by atoms with Crippen molar-refractivity contribution in [1.82, 2.24) is 0 Å². The normalized spacial score (nSPS) is 11.3. The van der Waals surface area contributed by atoms with E-state index in [9.17, 15) is 0 Å². The molecule has 1 aromatic heterocycles. The summed E-state index contributed by atoms with van der Waals surface area (Å²) in [5.74, 6) is 0. The van der Waals surface area contributed by atoms with Crippen LogP contribution >= 0.6 is 0 Å². The van der Waals surface area contributed by atoms with Crippen molar-refractivity contribution in [2.45, 2.75) is 0 Å². The molecule has 0 aliphatic heterocycles. The van der Waals surface area contributed by atoms with Crippen LogP contribution in [0.3, 0.4) is 0 Å².